The standard InChI is InChI=1S/C28H34N6O4.H2/c1-3-37-22(15-35)14-33(19(2)36)13-20-10-11-25(24-9-5-4-8-23(20)24)38-16-21-7-6-12-34(21)28-26-27(30-17-29-26)31-18-32-28;/h4-5,8-11,17-18,21-22,35H,3,6-7,12-16H2,1-2H3,(H,29,30,31,32);1H/t21-,22?;/m1./s1. The molecule has 2 aromatic carbocycles. The molecule has 1 amide bonds. The van der Waals surface area contributed by atoms with Crippen LogP contribution >= 0.6 is 0 Å². The van der Waals surface area contributed by atoms with E-state index in [9.17, 15) is 9.90 Å². The van der Waals surface area contributed by atoms with Gasteiger partial charge in [0.1, 0.15) is 24.2 Å². The summed E-state index contributed by atoms with van der Waals surface area (Å²) in [5.74, 6) is 1.60. The van der Waals surface area contributed by atoms with E-state index in [0.717, 1.165) is 52.8 Å². The van der Waals surface area contributed by atoms with Crippen LogP contribution in [-0.4, -0.2) is 80.9 Å². The van der Waals surface area contributed by atoms with Crippen LogP contribution in [0.4, 0.5) is 5.82 Å². The van der Waals surface area contributed by atoms with Crippen LogP contribution in [0.5, 0.6) is 5.75 Å². The van der Waals surface area contributed by atoms with Crippen LogP contribution in [0.3, 0.4) is 0 Å². The van der Waals surface area contributed by atoms with Crippen LogP contribution in [0.2, 0.25) is 0 Å². The van der Waals surface area contributed by atoms with Crippen molar-refractivity contribution >= 4 is 33.7 Å². The third-order valence-corrected chi connectivity index (χ3v) is 7.09. The van der Waals surface area contributed by atoms with E-state index in [1.807, 2.05) is 37.3 Å². The molecule has 0 saturated carbocycles. The molecule has 1 saturated heterocycles. The van der Waals surface area contributed by atoms with Gasteiger partial charge in [0.15, 0.2) is 11.5 Å². The summed E-state index contributed by atoms with van der Waals surface area (Å²) in [7, 11) is 0. The first kappa shape index (κ1) is 25.9. The second-order valence-electron chi connectivity index (χ2n) is 9.53. The van der Waals surface area contributed by atoms with Gasteiger partial charge in [-0.05, 0) is 36.8 Å². The van der Waals surface area contributed by atoms with E-state index >= 15 is 0 Å². The van der Waals surface area contributed by atoms with Crippen molar-refractivity contribution in [3.05, 3.63) is 54.6 Å². The highest BCUT2D eigenvalue weighted by atomic mass is 16.5. The Balaban J connectivity index is 0.00000353. The number of benzene rings is 2. The molecule has 38 heavy (non-hydrogen) atoms. The Kier molecular flexibility index (Phi) is 8.00. The molecule has 1 aliphatic rings. The Morgan fingerprint density at radius 2 is 2.08 bits per heavy atom. The summed E-state index contributed by atoms with van der Waals surface area (Å²) in [5.41, 5.74) is 2.52. The van der Waals surface area contributed by atoms with E-state index in [1.54, 1.807) is 24.5 Å². The number of anilines is 1. The first-order valence-corrected chi connectivity index (χ1v) is 13.1. The number of aliphatic hydroxyl groups is 1. The van der Waals surface area contributed by atoms with Gasteiger partial charge in [-0.15, -0.1) is 0 Å². The van der Waals surface area contributed by atoms with Crippen molar-refractivity contribution < 1.29 is 20.8 Å². The zero-order chi connectivity index (χ0) is 26.5. The number of hydrogen-bond acceptors (Lipinski definition) is 8. The Bertz CT molecular complexity index is 1400. The van der Waals surface area contributed by atoms with Gasteiger partial charge in [-0.2, -0.15) is 0 Å². The molecule has 202 valence electrons. The number of nitrogens with one attached hydrogen (secondary N) is 1. The van der Waals surface area contributed by atoms with Crippen LogP contribution in [-0.2, 0) is 16.1 Å². The predicted octanol–water partition coefficient (Wildman–Crippen LogP) is 3.55. The summed E-state index contributed by atoms with van der Waals surface area (Å²) in [6, 6.07) is 12.3. The van der Waals surface area contributed by atoms with E-state index in [4.69, 9.17) is 9.47 Å². The quantitative estimate of drug-likeness (QED) is 0.308. The normalized spacial score (nSPS) is 16.3. The maximum Gasteiger partial charge on any atom is 0.219 e. The third kappa shape index (κ3) is 5.41. The highest BCUT2D eigenvalue weighted by Crippen LogP contribution is 2.32. The fraction of sp³-hybridized carbons (Fsp3) is 0.429. The molecule has 0 bridgehead atoms. The first-order valence-electron chi connectivity index (χ1n) is 13.1. The second-order valence-corrected chi connectivity index (χ2v) is 9.53. The largest absolute Gasteiger partial charge is 0.491 e. The number of aliphatic hydroxyl groups excluding tert-OH is 1. The molecular formula is C28H36N6O4. The number of fused-ring (bicyclic) bond motifs is 2. The number of rotatable bonds is 11. The van der Waals surface area contributed by atoms with E-state index < -0.39 is 6.10 Å². The Hall–Kier alpha value is -3.76. The summed E-state index contributed by atoms with van der Waals surface area (Å²) in [6.07, 6.45) is 4.86. The van der Waals surface area contributed by atoms with Crippen molar-refractivity contribution in [3.63, 3.8) is 0 Å². The van der Waals surface area contributed by atoms with Gasteiger partial charge in [0, 0.05) is 40.0 Å². The van der Waals surface area contributed by atoms with E-state index in [1.165, 1.54) is 0 Å². The van der Waals surface area contributed by atoms with Crippen LogP contribution in [0.15, 0.2) is 49.1 Å². The number of amides is 1. The van der Waals surface area contributed by atoms with Crippen molar-refractivity contribution in [1.82, 2.24) is 24.8 Å². The van der Waals surface area contributed by atoms with Gasteiger partial charge in [0.2, 0.25) is 5.91 Å². The van der Waals surface area contributed by atoms with Gasteiger partial charge in [-0.1, -0.05) is 30.3 Å². The van der Waals surface area contributed by atoms with Gasteiger partial charge in [-0.3, -0.25) is 4.79 Å². The number of hydrogen-bond donors (Lipinski definition) is 2. The summed E-state index contributed by atoms with van der Waals surface area (Å²) in [6.45, 7) is 5.94. The number of carbonyl (C=O) groups is 1. The minimum atomic E-state index is -0.412. The average molecular weight is 521 g/mol. The van der Waals surface area contributed by atoms with Gasteiger partial charge in [0.25, 0.3) is 0 Å². The van der Waals surface area contributed by atoms with Gasteiger partial charge < -0.3 is 29.4 Å². The monoisotopic (exact) mass is 520 g/mol. The molecule has 0 spiro atoms. The van der Waals surface area contributed by atoms with Crippen molar-refractivity contribution in [3.8, 4) is 5.75 Å². The molecule has 1 unspecified atom stereocenters. The number of imidazole rings is 1. The topological polar surface area (TPSA) is 117 Å². The maximum absolute atomic E-state index is 12.4. The Morgan fingerprint density at radius 3 is 2.87 bits per heavy atom. The summed E-state index contributed by atoms with van der Waals surface area (Å²) >= 11 is 0. The van der Waals surface area contributed by atoms with Gasteiger partial charge in [0.05, 0.1) is 25.1 Å². The van der Waals surface area contributed by atoms with Crippen molar-refractivity contribution in [2.24, 2.45) is 0 Å². The van der Waals surface area contributed by atoms with E-state index in [-0.39, 0.29) is 20.0 Å². The zero-order valence-electron chi connectivity index (χ0n) is 21.8. The number of H-pyrrole nitrogens is 1. The van der Waals surface area contributed by atoms with Crippen LogP contribution in [0.25, 0.3) is 21.9 Å². The molecular weight excluding hydrogens is 484 g/mol. The molecule has 2 N–H and O–H groups in total. The maximum atomic E-state index is 12.4. The number of nitrogens with zero attached hydrogens (tertiary/aromatic N) is 5. The van der Waals surface area contributed by atoms with Crippen molar-refractivity contribution in [2.75, 3.05) is 37.8 Å². The highest BCUT2D eigenvalue weighted by molar-refractivity contribution is 5.91. The predicted molar refractivity (Wildman–Crippen MR) is 147 cm³/mol. The fourth-order valence-corrected chi connectivity index (χ4v) is 5.20. The molecule has 2 atom stereocenters. The minimum Gasteiger partial charge on any atom is -0.491 e. The van der Waals surface area contributed by atoms with Crippen molar-refractivity contribution in [1.29, 1.82) is 0 Å². The molecule has 1 fully saturated rings. The van der Waals surface area contributed by atoms with Crippen molar-refractivity contribution in [2.45, 2.75) is 45.4 Å². The molecule has 10 nitrogen and oxygen atoms in total. The number of ether oxygens (including phenoxy) is 2. The number of aromatic amines is 1. The summed E-state index contributed by atoms with van der Waals surface area (Å²) in [4.78, 5) is 32.6. The molecule has 3 heterocycles. The Morgan fingerprint density at radius 1 is 1.24 bits per heavy atom. The van der Waals surface area contributed by atoms with Crippen LogP contribution in [0, 0.1) is 0 Å². The van der Waals surface area contributed by atoms with Crippen LogP contribution in [0.1, 0.15) is 33.7 Å². The molecule has 5 rings (SSSR count). The molecule has 1 aliphatic heterocycles. The number of aromatic nitrogens is 4. The van der Waals surface area contributed by atoms with Gasteiger partial charge in [-0.25, -0.2) is 15.0 Å². The minimum absolute atomic E-state index is 0. The molecule has 4 aromatic rings. The smallest absolute Gasteiger partial charge is 0.219 e. The average Bonchev–Trinajstić information content (AvgIpc) is 3.61. The zero-order valence-corrected chi connectivity index (χ0v) is 21.8. The van der Waals surface area contributed by atoms with Gasteiger partial charge >= 0.3 is 0 Å². The first-order chi connectivity index (χ1) is 18.6. The second kappa shape index (κ2) is 11.7. The summed E-state index contributed by atoms with van der Waals surface area (Å²) < 4.78 is 12.0. The summed E-state index contributed by atoms with van der Waals surface area (Å²) in [5, 5.41) is 11.7. The molecule has 0 aliphatic carbocycles. The highest BCUT2D eigenvalue weighted by Gasteiger charge is 2.28. The lowest BCUT2D eigenvalue weighted by atomic mass is 10.0. The Labute approximate surface area is 223 Å². The molecule has 2 aromatic heterocycles. The van der Waals surface area contributed by atoms with E-state index in [0.29, 0.717) is 32.0 Å². The SMILES string of the molecule is CCOC(CO)CN(Cc1ccc(OC[C@H]2CCCN2c2ncnc3nc[nH]c23)c2ccccc12)C(C)=O.[HH]. The lowest BCUT2D eigenvalue weighted by Gasteiger charge is -2.27. The molecule has 10 heteroatoms. The molecule has 0 radical (unpaired) electrons. The third-order valence-electron chi connectivity index (χ3n) is 7.09. The van der Waals surface area contributed by atoms with E-state index in [2.05, 4.69) is 30.9 Å². The lowest BCUT2D eigenvalue weighted by molar-refractivity contribution is -0.132. The number of carbonyl (C=O) groups excluding carboxylic acids is 1. The lowest BCUT2D eigenvalue weighted by Crippen LogP contribution is -2.38. The fourth-order valence-electron chi connectivity index (χ4n) is 5.20. The van der Waals surface area contributed by atoms with Crippen LogP contribution < -0.4 is 9.64 Å².